The minimum atomic E-state index is -0.290. The first-order valence-corrected chi connectivity index (χ1v) is 12.7. The van der Waals surface area contributed by atoms with E-state index in [0.717, 1.165) is 17.1 Å². The Morgan fingerprint density at radius 1 is 0.647 bits per heavy atom. The highest BCUT2D eigenvalue weighted by Crippen LogP contribution is 2.15. The lowest BCUT2D eigenvalue weighted by Gasteiger charge is -2.13. The van der Waals surface area contributed by atoms with Crippen molar-refractivity contribution < 1.29 is 28.5 Å². The fourth-order valence-electron chi connectivity index (χ4n) is 3.61. The van der Waals surface area contributed by atoms with Crippen LogP contribution in [0.5, 0.6) is 5.75 Å². The molecular formula is C27H41NO6. The first kappa shape index (κ1) is 28.0. The zero-order chi connectivity index (χ0) is 24.3. The van der Waals surface area contributed by atoms with Crippen molar-refractivity contribution in [1.82, 2.24) is 4.90 Å². The number of hydrogen-bond acceptors (Lipinski definition) is 6. The number of rotatable bonds is 21. The first-order chi connectivity index (χ1) is 16.7. The van der Waals surface area contributed by atoms with Gasteiger partial charge in [-0.15, -0.1) is 0 Å². The fraction of sp³-hybridized carbons (Fsp3) is 0.630. The standard InChI is InChI=1S/C27H41NO6/c1-2-3-4-5-6-7-8-9-24-10-12-25(13-11-24)34-23-22-33-21-20-32-19-18-31-17-16-28-26(29)14-15-27(28)30/h10-15H,2-9,16-23H2,1H3. The van der Waals surface area contributed by atoms with Crippen LogP contribution >= 0.6 is 0 Å². The van der Waals surface area contributed by atoms with Crippen LogP contribution in [0.4, 0.5) is 0 Å². The van der Waals surface area contributed by atoms with E-state index in [1.165, 1.54) is 62.7 Å². The lowest BCUT2D eigenvalue weighted by molar-refractivity contribution is -0.137. The molecule has 0 fully saturated rings. The van der Waals surface area contributed by atoms with E-state index in [9.17, 15) is 9.59 Å². The van der Waals surface area contributed by atoms with Crippen LogP contribution in [0.1, 0.15) is 57.4 Å². The van der Waals surface area contributed by atoms with Gasteiger partial charge in [-0.05, 0) is 30.5 Å². The zero-order valence-corrected chi connectivity index (χ0v) is 20.7. The predicted octanol–water partition coefficient (Wildman–Crippen LogP) is 4.33. The topological polar surface area (TPSA) is 74.3 Å². The smallest absolute Gasteiger partial charge is 0.253 e. The van der Waals surface area contributed by atoms with Gasteiger partial charge >= 0.3 is 0 Å². The number of carbonyl (C=O) groups excluding carboxylic acids is 2. The summed E-state index contributed by atoms with van der Waals surface area (Å²) in [5, 5.41) is 0. The third kappa shape index (κ3) is 12.3. The van der Waals surface area contributed by atoms with E-state index in [4.69, 9.17) is 18.9 Å². The van der Waals surface area contributed by atoms with Crippen molar-refractivity contribution in [3.63, 3.8) is 0 Å². The van der Waals surface area contributed by atoms with Crippen LogP contribution in [0.15, 0.2) is 36.4 Å². The highest BCUT2D eigenvalue weighted by atomic mass is 16.6. The molecule has 0 saturated carbocycles. The molecule has 0 aromatic heterocycles. The first-order valence-electron chi connectivity index (χ1n) is 12.7. The molecule has 7 nitrogen and oxygen atoms in total. The van der Waals surface area contributed by atoms with Crippen molar-refractivity contribution in [3.8, 4) is 5.75 Å². The van der Waals surface area contributed by atoms with Crippen LogP contribution in [0.25, 0.3) is 0 Å². The van der Waals surface area contributed by atoms with Gasteiger partial charge in [0.2, 0.25) is 0 Å². The number of imide groups is 1. The van der Waals surface area contributed by atoms with Gasteiger partial charge < -0.3 is 18.9 Å². The molecule has 2 amide bonds. The molecule has 7 heteroatoms. The van der Waals surface area contributed by atoms with Gasteiger partial charge in [-0.2, -0.15) is 0 Å². The monoisotopic (exact) mass is 475 g/mol. The SMILES string of the molecule is CCCCCCCCCc1ccc(OCCOCCOCCOCCN2C(=O)C=CC2=O)cc1. The second-order valence-corrected chi connectivity index (χ2v) is 8.36. The van der Waals surface area contributed by atoms with E-state index >= 15 is 0 Å². The summed E-state index contributed by atoms with van der Waals surface area (Å²) in [7, 11) is 0. The minimum Gasteiger partial charge on any atom is -0.491 e. The number of aryl methyl sites for hydroxylation is 1. The van der Waals surface area contributed by atoms with Gasteiger partial charge in [-0.3, -0.25) is 14.5 Å². The zero-order valence-electron chi connectivity index (χ0n) is 20.7. The van der Waals surface area contributed by atoms with Gasteiger partial charge in [0.25, 0.3) is 11.8 Å². The van der Waals surface area contributed by atoms with Crippen LogP contribution in [0.2, 0.25) is 0 Å². The summed E-state index contributed by atoms with van der Waals surface area (Å²) >= 11 is 0. The molecule has 0 radical (unpaired) electrons. The number of hydrogen-bond donors (Lipinski definition) is 0. The Morgan fingerprint density at radius 2 is 1.18 bits per heavy atom. The Balaban J connectivity index is 1.35. The van der Waals surface area contributed by atoms with Gasteiger partial charge in [0.05, 0.1) is 46.2 Å². The maximum atomic E-state index is 11.4. The summed E-state index contributed by atoms with van der Waals surface area (Å²) in [6.07, 6.45) is 13.0. The van der Waals surface area contributed by atoms with Gasteiger partial charge in [-0.1, -0.05) is 57.6 Å². The van der Waals surface area contributed by atoms with Gasteiger partial charge in [0, 0.05) is 12.2 Å². The minimum absolute atomic E-state index is 0.260. The summed E-state index contributed by atoms with van der Waals surface area (Å²) in [6, 6.07) is 8.37. The largest absolute Gasteiger partial charge is 0.491 e. The number of unbranched alkanes of at least 4 members (excludes halogenated alkanes) is 6. The molecule has 1 aromatic carbocycles. The summed E-state index contributed by atoms with van der Waals surface area (Å²) in [5.41, 5.74) is 1.37. The average molecular weight is 476 g/mol. The summed E-state index contributed by atoms with van der Waals surface area (Å²) in [4.78, 5) is 23.9. The molecule has 1 aliphatic heterocycles. The third-order valence-electron chi connectivity index (χ3n) is 5.59. The normalized spacial score (nSPS) is 13.3. The summed E-state index contributed by atoms with van der Waals surface area (Å²) < 4.78 is 22.1. The number of amides is 2. The fourth-order valence-corrected chi connectivity index (χ4v) is 3.61. The summed E-state index contributed by atoms with van der Waals surface area (Å²) in [6.45, 7) is 5.63. The quantitative estimate of drug-likeness (QED) is 0.195. The van der Waals surface area contributed by atoms with Crippen molar-refractivity contribution in [2.24, 2.45) is 0 Å². The van der Waals surface area contributed by atoms with E-state index in [0.29, 0.717) is 46.2 Å². The molecule has 1 aromatic rings. The molecule has 0 spiro atoms. The Hall–Kier alpha value is -2.22. The van der Waals surface area contributed by atoms with E-state index in [1.54, 1.807) is 0 Å². The molecule has 0 bridgehead atoms. The molecule has 190 valence electrons. The lowest BCUT2D eigenvalue weighted by Crippen LogP contribution is -2.33. The maximum Gasteiger partial charge on any atom is 0.253 e. The molecule has 2 rings (SSSR count). The average Bonchev–Trinajstić information content (AvgIpc) is 3.17. The Kier molecular flexibility index (Phi) is 15.0. The third-order valence-corrected chi connectivity index (χ3v) is 5.59. The van der Waals surface area contributed by atoms with E-state index in [1.807, 2.05) is 12.1 Å². The Labute approximate surface area is 204 Å². The highest BCUT2D eigenvalue weighted by Gasteiger charge is 2.22. The van der Waals surface area contributed by atoms with E-state index < -0.39 is 0 Å². The van der Waals surface area contributed by atoms with Crippen LogP contribution in [0, 0.1) is 0 Å². The van der Waals surface area contributed by atoms with Crippen molar-refractivity contribution in [3.05, 3.63) is 42.0 Å². The molecule has 0 unspecified atom stereocenters. The van der Waals surface area contributed by atoms with Crippen molar-refractivity contribution in [2.75, 3.05) is 52.8 Å². The molecule has 34 heavy (non-hydrogen) atoms. The summed E-state index contributed by atoms with van der Waals surface area (Å²) in [5.74, 6) is 0.289. The molecule has 1 aliphatic rings. The van der Waals surface area contributed by atoms with Gasteiger partial charge in [0.1, 0.15) is 12.4 Å². The molecule has 0 aliphatic carbocycles. The molecule has 0 saturated heterocycles. The van der Waals surface area contributed by atoms with Crippen LogP contribution in [-0.2, 0) is 30.2 Å². The number of carbonyl (C=O) groups is 2. The molecule has 0 atom stereocenters. The van der Waals surface area contributed by atoms with E-state index in [-0.39, 0.29) is 18.4 Å². The Bertz CT molecular complexity index is 700. The molecular weight excluding hydrogens is 434 g/mol. The number of nitrogens with zero attached hydrogens (tertiary/aromatic N) is 1. The second-order valence-electron chi connectivity index (χ2n) is 8.36. The number of ether oxygens (including phenoxy) is 4. The van der Waals surface area contributed by atoms with Crippen LogP contribution in [-0.4, -0.2) is 69.5 Å². The Morgan fingerprint density at radius 3 is 1.79 bits per heavy atom. The second kappa shape index (κ2) is 18.2. The van der Waals surface area contributed by atoms with Crippen LogP contribution in [0.3, 0.4) is 0 Å². The predicted molar refractivity (Wildman–Crippen MR) is 132 cm³/mol. The van der Waals surface area contributed by atoms with Crippen LogP contribution < -0.4 is 4.74 Å². The van der Waals surface area contributed by atoms with Gasteiger partial charge in [-0.25, -0.2) is 0 Å². The van der Waals surface area contributed by atoms with E-state index in [2.05, 4.69) is 19.1 Å². The van der Waals surface area contributed by atoms with Crippen molar-refractivity contribution >= 4 is 11.8 Å². The van der Waals surface area contributed by atoms with Crippen molar-refractivity contribution in [2.45, 2.75) is 58.3 Å². The number of benzene rings is 1. The van der Waals surface area contributed by atoms with Crippen molar-refractivity contribution in [1.29, 1.82) is 0 Å². The van der Waals surface area contributed by atoms with Gasteiger partial charge in [0.15, 0.2) is 0 Å². The lowest BCUT2D eigenvalue weighted by atomic mass is 10.0. The molecule has 1 heterocycles. The molecule has 0 N–H and O–H groups in total. The maximum absolute atomic E-state index is 11.4. The highest BCUT2D eigenvalue weighted by molar-refractivity contribution is 6.12.